The van der Waals surface area contributed by atoms with Gasteiger partial charge in [-0.2, -0.15) is 5.10 Å². The van der Waals surface area contributed by atoms with E-state index in [-0.39, 0.29) is 23.3 Å². The minimum absolute atomic E-state index is 0.0849. The number of non-ortho nitro benzene ring substituents is 1. The van der Waals surface area contributed by atoms with Crippen molar-refractivity contribution in [3.05, 3.63) is 66.6 Å². The van der Waals surface area contributed by atoms with Gasteiger partial charge in [-0.25, -0.2) is 5.43 Å². The largest absolute Gasteiger partial charge is 0.506 e. The molecule has 0 aromatic heterocycles. The van der Waals surface area contributed by atoms with Gasteiger partial charge in [0, 0.05) is 24.6 Å². The first kappa shape index (κ1) is 22.4. The predicted molar refractivity (Wildman–Crippen MR) is 120 cm³/mol. The number of hydrogen-bond donors (Lipinski definition) is 2. The Morgan fingerprint density at radius 3 is 2.40 bits per heavy atom. The molecule has 1 fully saturated rings. The van der Waals surface area contributed by atoms with Crippen molar-refractivity contribution >= 4 is 49.7 Å². The van der Waals surface area contributed by atoms with Crippen molar-refractivity contribution in [3.8, 4) is 5.75 Å². The summed E-state index contributed by atoms with van der Waals surface area (Å²) in [7, 11) is 0. The summed E-state index contributed by atoms with van der Waals surface area (Å²) in [6.07, 6.45) is 2.98. The lowest BCUT2D eigenvalue weighted by atomic mass is 9.96. The number of halogens is 2. The predicted octanol–water partition coefficient (Wildman–Crippen LogP) is 4.19. The smallest absolute Gasteiger partial charge is 0.269 e. The fraction of sp³-hybridized carbons (Fsp3) is 0.300. The number of nitrogens with zero attached hydrogens (tertiary/aromatic N) is 3. The Balaban J connectivity index is 1.46. The fourth-order valence-corrected chi connectivity index (χ4v) is 4.48. The molecule has 1 amide bonds. The van der Waals surface area contributed by atoms with Gasteiger partial charge in [0.1, 0.15) is 5.75 Å². The fourth-order valence-electron chi connectivity index (χ4n) is 3.26. The van der Waals surface area contributed by atoms with Gasteiger partial charge in [0.25, 0.3) is 5.69 Å². The van der Waals surface area contributed by atoms with Gasteiger partial charge in [-0.3, -0.25) is 19.8 Å². The van der Waals surface area contributed by atoms with Gasteiger partial charge in [-0.05, 0) is 81.1 Å². The standard InChI is InChI=1S/C20H20Br2N4O4/c21-17-9-14(10-18(22)19(17)27)11-23-24-20(28)15-5-7-25(8-6-15)12-13-1-3-16(4-2-13)26(29)30/h1-4,9-11,15,27H,5-8,12H2,(H,24,28)/b23-11+. The third-order valence-corrected chi connectivity index (χ3v) is 6.15. The molecule has 0 saturated carbocycles. The van der Waals surface area contributed by atoms with Gasteiger partial charge in [-0.15, -0.1) is 0 Å². The van der Waals surface area contributed by atoms with Gasteiger partial charge in [-0.1, -0.05) is 12.1 Å². The van der Waals surface area contributed by atoms with Gasteiger partial charge < -0.3 is 5.11 Å². The molecule has 0 radical (unpaired) electrons. The quantitative estimate of drug-likeness (QED) is 0.325. The van der Waals surface area contributed by atoms with E-state index in [9.17, 15) is 20.0 Å². The van der Waals surface area contributed by atoms with Crippen LogP contribution in [0.25, 0.3) is 0 Å². The number of nitro benzene ring substituents is 1. The number of amides is 1. The molecule has 1 saturated heterocycles. The number of phenolic OH excluding ortho intramolecular Hbond substituents is 1. The van der Waals surface area contributed by atoms with Crippen LogP contribution in [0.15, 0.2) is 50.4 Å². The monoisotopic (exact) mass is 538 g/mol. The van der Waals surface area contributed by atoms with E-state index in [4.69, 9.17) is 0 Å². The zero-order valence-electron chi connectivity index (χ0n) is 15.9. The minimum atomic E-state index is -0.407. The van der Waals surface area contributed by atoms with Crippen molar-refractivity contribution in [1.82, 2.24) is 10.3 Å². The van der Waals surface area contributed by atoms with E-state index in [1.165, 1.54) is 18.3 Å². The van der Waals surface area contributed by atoms with Crippen LogP contribution in [-0.4, -0.2) is 40.1 Å². The van der Waals surface area contributed by atoms with E-state index in [1.807, 2.05) is 0 Å². The summed E-state index contributed by atoms with van der Waals surface area (Å²) in [5, 5.41) is 24.5. The summed E-state index contributed by atoms with van der Waals surface area (Å²) >= 11 is 6.51. The molecule has 0 bridgehead atoms. The summed E-state index contributed by atoms with van der Waals surface area (Å²) in [5.74, 6) is -0.108. The Hall–Kier alpha value is -2.30. The molecule has 1 aliphatic heterocycles. The SMILES string of the molecule is O=C(N/N=C/c1cc(Br)c(O)c(Br)c1)C1CCN(Cc2ccc([N+](=O)[O-])cc2)CC1. The van der Waals surface area contributed by atoms with Gasteiger partial charge in [0.15, 0.2) is 0 Å². The van der Waals surface area contributed by atoms with E-state index < -0.39 is 4.92 Å². The van der Waals surface area contributed by atoms with Crippen LogP contribution in [-0.2, 0) is 11.3 Å². The van der Waals surface area contributed by atoms with Crippen molar-refractivity contribution < 1.29 is 14.8 Å². The number of carbonyl (C=O) groups excluding carboxylic acids is 1. The molecule has 30 heavy (non-hydrogen) atoms. The van der Waals surface area contributed by atoms with E-state index in [0.717, 1.165) is 37.1 Å². The van der Waals surface area contributed by atoms with Crippen molar-refractivity contribution in [3.63, 3.8) is 0 Å². The molecular weight excluding hydrogens is 520 g/mol. The molecule has 10 heteroatoms. The number of phenols is 1. The Morgan fingerprint density at radius 2 is 1.83 bits per heavy atom. The Labute approximate surface area is 190 Å². The van der Waals surface area contributed by atoms with Crippen molar-refractivity contribution in [2.24, 2.45) is 11.0 Å². The van der Waals surface area contributed by atoms with Gasteiger partial charge in [0.2, 0.25) is 5.91 Å². The molecule has 2 aromatic rings. The molecule has 0 spiro atoms. The van der Waals surface area contributed by atoms with E-state index in [1.54, 1.807) is 24.3 Å². The van der Waals surface area contributed by atoms with E-state index in [0.29, 0.717) is 15.5 Å². The molecule has 1 heterocycles. The lowest BCUT2D eigenvalue weighted by molar-refractivity contribution is -0.384. The molecule has 1 aliphatic rings. The zero-order valence-corrected chi connectivity index (χ0v) is 19.1. The first-order valence-electron chi connectivity index (χ1n) is 9.30. The Kier molecular flexibility index (Phi) is 7.57. The molecule has 2 aromatic carbocycles. The Morgan fingerprint density at radius 1 is 1.23 bits per heavy atom. The summed E-state index contributed by atoms with van der Waals surface area (Å²) in [5.41, 5.74) is 4.42. The summed E-state index contributed by atoms with van der Waals surface area (Å²) in [6.45, 7) is 2.25. The molecule has 3 rings (SSSR count). The van der Waals surface area contributed by atoms with Crippen LogP contribution in [0.3, 0.4) is 0 Å². The van der Waals surface area contributed by atoms with Crippen LogP contribution in [0.4, 0.5) is 5.69 Å². The number of hydrogen-bond acceptors (Lipinski definition) is 6. The number of hydrazone groups is 1. The minimum Gasteiger partial charge on any atom is -0.506 e. The number of nitrogens with one attached hydrogen (secondary N) is 1. The normalized spacial score (nSPS) is 15.4. The number of rotatable bonds is 6. The van der Waals surface area contributed by atoms with Crippen LogP contribution >= 0.6 is 31.9 Å². The van der Waals surface area contributed by atoms with Gasteiger partial charge >= 0.3 is 0 Å². The number of nitro groups is 1. The highest BCUT2D eigenvalue weighted by molar-refractivity contribution is 9.11. The molecule has 2 N–H and O–H groups in total. The molecule has 0 unspecified atom stereocenters. The van der Waals surface area contributed by atoms with Crippen LogP contribution < -0.4 is 5.43 Å². The summed E-state index contributed by atoms with van der Waals surface area (Å²) < 4.78 is 1.06. The average molecular weight is 540 g/mol. The highest BCUT2D eigenvalue weighted by Crippen LogP contribution is 2.32. The number of aromatic hydroxyl groups is 1. The molecule has 8 nitrogen and oxygen atoms in total. The number of piperidine rings is 1. The summed E-state index contributed by atoms with van der Waals surface area (Å²) in [4.78, 5) is 24.9. The van der Waals surface area contributed by atoms with Crippen LogP contribution in [0.1, 0.15) is 24.0 Å². The lowest BCUT2D eigenvalue weighted by Gasteiger charge is -2.30. The maximum absolute atomic E-state index is 12.4. The topological polar surface area (TPSA) is 108 Å². The van der Waals surface area contributed by atoms with Crippen LogP contribution in [0.5, 0.6) is 5.75 Å². The van der Waals surface area contributed by atoms with Crippen LogP contribution in [0.2, 0.25) is 0 Å². The zero-order chi connectivity index (χ0) is 21.7. The average Bonchev–Trinajstić information content (AvgIpc) is 2.73. The summed E-state index contributed by atoms with van der Waals surface area (Å²) in [6, 6.07) is 9.97. The maximum atomic E-state index is 12.4. The lowest BCUT2D eigenvalue weighted by Crippen LogP contribution is -2.39. The highest BCUT2D eigenvalue weighted by atomic mass is 79.9. The first-order valence-corrected chi connectivity index (χ1v) is 10.9. The third-order valence-electron chi connectivity index (χ3n) is 4.94. The second-order valence-electron chi connectivity index (χ2n) is 7.04. The molecule has 0 aliphatic carbocycles. The van der Waals surface area contributed by atoms with Gasteiger partial charge in [0.05, 0.1) is 20.1 Å². The Bertz CT molecular complexity index is 935. The number of likely N-dealkylation sites (tertiary alicyclic amines) is 1. The second kappa shape index (κ2) is 10.1. The van der Waals surface area contributed by atoms with Crippen molar-refractivity contribution in [1.29, 1.82) is 0 Å². The van der Waals surface area contributed by atoms with Crippen molar-refractivity contribution in [2.45, 2.75) is 19.4 Å². The number of carbonyl (C=O) groups is 1. The van der Waals surface area contributed by atoms with Crippen LogP contribution in [0, 0.1) is 16.0 Å². The maximum Gasteiger partial charge on any atom is 0.269 e. The number of benzene rings is 2. The molecule has 0 atom stereocenters. The second-order valence-corrected chi connectivity index (χ2v) is 8.75. The highest BCUT2D eigenvalue weighted by Gasteiger charge is 2.24. The third kappa shape index (κ3) is 5.87. The van der Waals surface area contributed by atoms with E-state index in [2.05, 4.69) is 47.3 Å². The van der Waals surface area contributed by atoms with Crippen molar-refractivity contribution in [2.75, 3.05) is 13.1 Å². The van der Waals surface area contributed by atoms with E-state index >= 15 is 0 Å². The molecular formula is C20H20Br2N4O4. The first-order chi connectivity index (χ1) is 14.3. The molecule has 158 valence electrons.